The van der Waals surface area contributed by atoms with Gasteiger partial charge in [-0.3, -0.25) is 0 Å². The molecule has 2 nitrogen and oxygen atoms in total. The number of hydrogen-bond donors (Lipinski definition) is 0. The molecule has 0 bridgehead atoms. The van der Waals surface area contributed by atoms with Gasteiger partial charge in [0.2, 0.25) is 26.9 Å². The first-order valence-electron chi connectivity index (χ1n) is 26.1. The van der Waals surface area contributed by atoms with Crippen molar-refractivity contribution in [2.24, 2.45) is 0 Å². The maximum absolute atomic E-state index is 2.46. The first-order chi connectivity index (χ1) is 36.8. The normalized spacial score (nSPS) is 12.8. The van der Waals surface area contributed by atoms with E-state index in [1.54, 1.807) is 0 Å². The van der Waals surface area contributed by atoms with Crippen LogP contribution in [0.25, 0.3) is 21.5 Å². The molecule has 0 saturated heterocycles. The third kappa shape index (κ3) is 6.51. The predicted octanol–water partition coefficient (Wildman–Crippen LogP) is 7.94. The van der Waals surface area contributed by atoms with Crippen molar-refractivity contribution in [3.05, 3.63) is 279 Å². The Labute approximate surface area is 434 Å². The highest BCUT2D eigenvalue weighted by Gasteiger charge is 2.50. The summed E-state index contributed by atoms with van der Waals surface area (Å²) in [4.78, 5) is 4.82. The number of para-hydroxylation sites is 4. The van der Waals surface area contributed by atoms with Crippen molar-refractivity contribution < 1.29 is 0 Å². The monoisotopic (exact) mass is 934 g/mol. The van der Waals surface area contributed by atoms with Crippen LogP contribution in [-0.2, 0) is 0 Å². The summed E-state index contributed by atoms with van der Waals surface area (Å²) < 4.78 is 0. The Hall–Kier alpha value is -8.98. The molecule has 0 aliphatic carbocycles. The molecule has 0 saturated carbocycles. The fourth-order valence-corrected chi connectivity index (χ4v) is 13.6. The lowest BCUT2D eigenvalue weighted by atomic mass is 9.11. The minimum absolute atomic E-state index is 0.0331. The Bertz CT molecular complexity index is 3780. The average molecular weight is 934 g/mol. The van der Waals surface area contributed by atoms with Crippen LogP contribution < -0.4 is 75.4 Å². The molecular formula is C68H46B4N2. The van der Waals surface area contributed by atoms with E-state index >= 15 is 0 Å². The summed E-state index contributed by atoms with van der Waals surface area (Å²) in [6.07, 6.45) is 0. The van der Waals surface area contributed by atoms with Crippen LogP contribution in [0.15, 0.2) is 279 Å². The van der Waals surface area contributed by atoms with E-state index in [0.29, 0.717) is 0 Å². The minimum Gasteiger partial charge on any atom is -0.310 e. The van der Waals surface area contributed by atoms with Gasteiger partial charge in [-0.15, -0.1) is 0 Å². The largest absolute Gasteiger partial charge is 0.310 e. The summed E-state index contributed by atoms with van der Waals surface area (Å²) in [5.41, 5.74) is 23.7. The molecule has 0 fully saturated rings. The van der Waals surface area contributed by atoms with Gasteiger partial charge in [0.15, 0.2) is 0 Å². The molecule has 0 aromatic heterocycles. The van der Waals surface area contributed by atoms with Gasteiger partial charge < -0.3 is 9.80 Å². The molecule has 3 heterocycles. The van der Waals surface area contributed by atoms with Gasteiger partial charge in [0.1, 0.15) is 0 Å². The van der Waals surface area contributed by atoms with E-state index in [-0.39, 0.29) is 26.9 Å². The topological polar surface area (TPSA) is 6.48 Å². The van der Waals surface area contributed by atoms with Gasteiger partial charge >= 0.3 is 0 Å². The van der Waals surface area contributed by atoms with Crippen LogP contribution in [0.1, 0.15) is 0 Å². The molecule has 0 amide bonds. The van der Waals surface area contributed by atoms with E-state index in [1.165, 1.54) is 98.5 Å². The number of hydrogen-bond acceptors (Lipinski definition) is 2. The Kier molecular flexibility index (Phi) is 10.0. The summed E-state index contributed by atoms with van der Waals surface area (Å²) in [5, 5.41) is 5.02. The number of benzene rings is 12. The fraction of sp³-hybridized carbons (Fsp3) is 0. The van der Waals surface area contributed by atoms with E-state index in [9.17, 15) is 0 Å². The molecule has 12 aromatic rings. The van der Waals surface area contributed by atoms with Gasteiger partial charge in [-0.1, -0.05) is 284 Å². The average Bonchev–Trinajstić information content (AvgIpc) is 3.49. The van der Waals surface area contributed by atoms with Crippen LogP contribution in [0.4, 0.5) is 34.1 Å². The number of rotatable bonds is 8. The van der Waals surface area contributed by atoms with Gasteiger partial charge in [0, 0.05) is 33.5 Å². The standard InChI is InChI=1S/C68H46B4N2/c1-5-23-47(24-6-1)73(48-25-7-2-8-26-48)65-45-43-55(51-31-13-15-33-53(51)65)69-57-35-17-19-37-59(57)71-64-42-22-40-62-68(64)72(63-41-21-39-61(69)67(63)71)60-38-20-18-36-58(60)70(62)56-44-46-66(54-34-16-14-32-52(54)56)74(49-27-9-3-10-28-49)50-29-11-4-12-30-50/h1-46H. The van der Waals surface area contributed by atoms with Crippen molar-refractivity contribution in [1.82, 2.24) is 0 Å². The Morgan fingerprint density at radius 2 is 0.432 bits per heavy atom. The number of fused-ring (bicyclic) bond motifs is 8. The summed E-state index contributed by atoms with van der Waals surface area (Å²) >= 11 is 0. The highest BCUT2D eigenvalue weighted by atomic mass is 15.1. The summed E-state index contributed by atoms with van der Waals surface area (Å²) in [6.45, 7) is 0.247. The highest BCUT2D eigenvalue weighted by Crippen LogP contribution is 2.40. The molecule has 15 rings (SSSR count). The second-order valence-corrected chi connectivity index (χ2v) is 20.1. The third-order valence-electron chi connectivity index (χ3n) is 16.4. The van der Waals surface area contributed by atoms with E-state index in [2.05, 4.69) is 289 Å². The highest BCUT2D eigenvalue weighted by molar-refractivity contribution is 7.22. The van der Waals surface area contributed by atoms with E-state index < -0.39 is 0 Å². The Morgan fingerprint density at radius 3 is 0.770 bits per heavy atom. The van der Waals surface area contributed by atoms with Crippen LogP contribution in [0, 0.1) is 0 Å². The molecule has 74 heavy (non-hydrogen) atoms. The molecule has 0 radical (unpaired) electrons. The molecule has 12 aromatic carbocycles. The van der Waals surface area contributed by atoms with Crippen LogP contribution in [-0.4, -0.2) is 26.9 Å². The summed E-state index contributed by atoms with van der Waals surface area (Å²) in [7, 11) is 0. The van der Waals surface area contributed by atoms with Crippen molar-refractivity contribution in [3.8, 4) is 0 Å². The maximum Gasteiger partial charge on any atom is 0.240 e. The second kappa shape index (κ2) is 17.4. The zero-order valence-corrected chi connectivity index (χ0v) is 40.8. The number of anilines is 6. The Balaban J connectivity index is 0.919. The molecule has 3 aliphatic rings. The molecule has 340 valence electrons. The summed E-state index contributed by atoms with van der Waals surface area (Å²) in [5.74, 6) is 0. The van der Waals surface area contributed by atoms with Crippen molar-refractivity contribution in [1.29, 1.82) is 0 Å². The van der Waals surface area contributed by atoms with Gasteiger partial charge in [0.05, 0.1) is 11.4 Å². The first kappa shape index (κ1) is 42.7. The van der Waals surface area contributed by atoms with Crippen LogP contribution >= 0.6 is 0 Å². The first-order valence-corrected chi connectivity index (χ1v) is 26.1. The minimum atomic E-state index is 0.0331. The molecule has 0 atom stereocenters. The van der Waals surface area contributed by atoms with E-state index in [1.807, 2.05) is 0 Å². The van der Waals surface area contributed by atoms with Crippen molar-refractivity contribution in [2.75, 3.05) is 9.80 Å². The second-order valence-electron chi connectivity index (χ2n) is 20.1. The van der Waals surface area contributed by atoms with E-state index in [0.717, 1.165) is 22.7 Å². The molecule has 0 unspecified atom stereocenters. The quantitative estimate of drug-likeness (QED) is 0.143. The molecule has 0 N–H and O–H groups in total. The van der Waals surface area contributed by atoms with Gasteiger partial charge in [-0.2, -0.15) is 0 Å². The lowest BCUT2D eigenvalue weighted by Crippen LogP contribution is -2.89. The molecule has 3 aliphatic heterocycles. The third-order valence-corrected chi connectivity index (χ3v) is 16.4. The molecule has 0 spiro atoms. The SMILES string of the molecule is c1ccc(N(c2ccccc2)c2ccc(B3c4ccccc4B4c5cccc6c5B(c5ccccc5B6c5ccc(N(c6ccccc6)c6ccccc6)c6ccccc56)c5cccc3c54)c3ccccc23)cc1. The number of nitrogens with zero attached hydrogens (tertiary/aromatic N) is 2. The van der Waals surface area contributed by atoms with Crippen molar-refractivity contribution in [3.63, 3.8) is 0 Å². The molecular weight excluding hydrogens is 888 g/mol. The van der Waals surface area contributed by atoms with Crippen molar-refractivity contribution >= 4 is 148 Å². The lowest BCUT2D eigenvalue weighted by Gasteiger charge is -2.43. The zero-order chi connectivity index (χ0) is 48.7. The van der Waals surface area contributed by atoms with Crippen LogP contribution in [0.2, 0.25) is 0 Å². The fourth-order valence-electron chi connectivity index (χ4n) is 13.6. The predicted molar refractivity (Wildman–Crippen MR) is 322 cm³/mol. The van der Waals surface area contributed by atoms with Gasteiger partial charge in [-0.05, 0) is 71.4 Å². The smallest absolute Gasteiger partial charge is 0.240 e. The Morgan fingerprint density at radius 1 is 0.176 bits per heavy atom. The van der Waals surface area contributed by atoms with Crippen LogP contribution in [0.5, 0.6) is 0 Å². The lowest BCUT2D eigenvalue weighted by molar-refractivity contribution is 1.30. The van der Waals surface area contributed by atoms with Gasteiger partial charge in [-0.25, -0.2) is 0 Å². The van der Waals surface area contributed by atoms with E-state index in [4.69, 9.17) is 0 Å². The van der Waals surface area contributed by atoms with Crippen LogP contribution in [0.3, 0.4) is 0 Å². The maximum atomic E-state index is 2.46. The molecule has 6 heteroatoms. The van der Waals surface area contributed by atoms with Crippen molar-refractivity contribution in [2.45, 2.75) is 0 Å². The zero-order valence-electron chi connectivity index (χ0n) is 40.8. The summed E-state index contributed by atoms with van der Waals surface area (Å²) in [6, 6.07) is 104. The van der Waals surface area contributed by atoms with Gasteiger partial charge in [0.25, 0.3) is 0 Å².